The van der Waals surface area contributed by atoms with Crippen molar-refractivity contribution < 1.29 is 9.50 Å². The molecular formula is C17H18BrFO. The van der Waals surface area contributed by atoms with Crippen molar-refractivity contribution in [3.8, 4) is 0 Å². The first-order chi connectivity index (χ1) is 9.44. The minimum absolute atomic E-state index is 0.280. The van der Waals surface area contributed by atoms with Gasteiger partial charge in [-0.3, -0.25) is 0 Å². The van der Waals surface area contributed by atoms with Crippen molar-refractivity contribution in [1.82, 2.24) is 0 Å². The Balaban J connectivity index is 2.04. The van der Waals surface area contributed by atoms with Gasteiger partial charge in [0.25, 0.3) is 0 Å². The van der Waals surface area contributed by atoms with Crippen LogP contribution in [0.3, 0.4) is 0 Å². The number of aliphatic hydroxyl groups is 1. The third kappa shape index (κ3) is 4.15. The maximum Gasteiger partial charge on any atom is 0.137 e. The zero-order chi connectivity index (χ0) is 14.7. The van der Waals surface area contributed by atoms with Gasteiger partial charge < -0.3 is 5.11 Å². The number of halogens is 2. The third-order valence-electron chi connectivity index (χ3n) is 3.21. The Labute approximate surface area is 127 Å². The van der Waals surface area contributed by atoms with Gasteiger partial charge in [0, 0.05) is 0 Å². The van der Waals surface area contributed by atoms with Crippen molar-refractivity contribution >= 4 is 15.9 Å². The summed E-state index contributed by atoms with van der Waals surface area (Å²) in [7, 11) is 0. The molecule has 3 heteroatoms. The van der Waals surface area contributed by atoms with Gasteiger partial charge in [0.1, 0.15) is 5.82 Å². The number of hydrogen-bond donors (Lipinski definition) is 1. The molecule has 106 valence electrons. The van der Waals surface area contributed by atoms with Crippen molar-refractivity contribution in [2.24, 2.45) is 0 Å². The van der Waals surface area contributed by atoms with Crippen molar-refractivity contribution in [1.29, 1.82) is 0 Å². The van der Waals surface area contributed by atoms with Gasteiger partial charge in [-0.25, -0.2) is 4.39 Å². The molecule has 0 aliphatic rings. The monoisotopic (exact) mass is 336 g/mol. The molecule has 1 atom stereocenters. The molecule has 0 bridgehead atoms. The average molecular weight is 337 g/mol. The fourth-order valence-electron chi connectivity index (χ4n) is 2.47. The number of rotatable bonds is 4. The standard InChI is InChI=1S/C17H18BrFO/c1-11-5-12(2)7-14(6-11)9-15(20)8-13-3-4-17(19)16(18)10-13/h3-7,10,15,20H,8-9H2,1-2H3. The highest BCUT2D eigenvalue weighted by Crippen LogP contribution is 2.19. The molecule has 2 aromatic carbocycles. The molecule has 0 aliphatic heterocycles. The van der Waals surface area contributed by atoms with E-state index in [0.29, 0.717) is 17.3 Å². The van der Waals surface area contributed by atoms with Gasteiger partial charge in [-0.2, -0.15) is 0 Å². The smallest absolute Gasteiger partial charge is 0.137 e. The lowest BCUT2D eigenvalue weighted by atomic mass is 9.99. The molecule has 2 aromatic rings. The van der Waals surface area contributed by atoms with Gasteiger partial charge in [0.15, 0.2) is 0 Å². The molecule has 0 amide bonds. The van der Waals surface area contributed by atoms with Crippen molar-refractivity contribution in [3.63, 3.8) is 0 Å². The predicted molar refractivity (Wildman–Crippen MR) is 83.4 cm³/mol. The van der Waals surface area contributed by atoms with E-state index >= 15 is 0 Å². The molecule has 0 saturated heterocycles. The van der Waals surface area contributed by atoms with E-state index in [1.54, 1.807) is 12.1 Å². The lowest BCUT2D eigenvalue weighted by Gasteiger charge is -2.12. The van der Waals surface area contributed by atoms with Crippen molar-refractivity contribution in [2.75, 3.05) is 0 Å². The minimum atomic E-state index is -0.464. The zero-order valence-corrected chi connectivity index (χ0v) is 13.2. The van der Waals surface area contributed by atoms with Crippen LogP contribution >= 0.6 is 15.9 Å². The molecule has 0 fully saturated rings. The predicted octanol–water partition coefficient (Wildman–Crippen LogP) is 4.35. The fraction of sp³-hybridized carbons (Fsp3) is 0.294. The summed E-state index contributed by atoms with van der Waals surface area (Å²) < 4.78 is 13.6. The number of aliphatic hydroxyl groups excluding tert-OH is 1. The van der Waals surface area contributed by atoms with Crippen LogP contribution in [0.15, 0.2) is 40.9 Å². The van der Waals surface area contributed by atoms with Crippen LogP contribution in [-0.2, 0) is 12.8 Å². The molecule has 1 unspecified atom stereocenters. The van der Waals surface area contributed by atoms with Gasteiger partial charge >= 0.3 is 0 Å². The van der Waals surface area contributed by atoms with Crippen LogP contribution in [-0.4, -0.2) is 11.2 Å². The van der Waals surface area contributed by atoms with Gasteiger partial charge in [-0.15, -0.1) is 0 Å². The van der Waals surface area contributed by atoms with E-state index in [1.807, 2.05) is 0 Å². The van der Waals surface area contributed by atoms with Crippen LogP contribution in [0.25, 0.3) is 0 Å². The molecule has 0 spiro atoms. The van der Waals surface area contributed by atoms with Crippen molar-refractivity contribution in [2.45, 2.75) is 32.8 Å². The van der Waals surface area contributed by atoms with Gasteiger partial charge in [0.05, 0.1) is 10.6 Å². The largest absolute Gasteiger partial charge is 0.392 e. The van der Waals surface area contributed by atoms with E-state index in [9.17, 15) is 9.50 Å². The van der Waals surface area contributed by atoms with E-state index in [4.69, 9.17) is 0 Å². The maximum absolute atomic E-state index is 13.2. The molecule has 20 heavy (non-hydrogen) atoms. The van der Waals surface area contributed by atoms with Crippen LogP contribution in [0.4, 0.5) is 4.39 Å². The lowest BCUT2D eigenvalue weighted by Crippen LogP contribution is -2.14. The molecule has 1 N–H and O–H groups in total. The Kier molecular flexibility index (Phi) is 4.95. The number of hydrogen-bond acceptors (Lipinski definition) is 1. The summed E-state index contributed by atoms with van der Waals surface area (Å²) in [6.07, 6.45) is 0.664. The van der Waals surface area contributed by atoms with Crippen LogP contribution < -0.4 is 0 Å². The van der Waals surface area contributed by atoms with E-state index in [0.717, 1.165) is 11.1 Å². The highest BCUT2D eigenvalue weighted by Gasteiger charge is 2.09. The topological polar surface area (TPSA) is 20.2 Å². The molecule has 0 aromatic heterocycles. The van der Waals surface area contributed by atoms with Crippen molar-refractivity contribution in [3.05, 3.63) is 68.9 Å². The Bertz CT molecular complexity index is 590. The summed E-state index contributed by atoms with van der Waals surface area (Å²) in [5.41, 5.74) is 4.47. The van der Waals surface area contributed by atoms with E-state index < -0.39 is 6.10 Å². The maximum atomic E-state index is 13.2. The van der Waals surface area contributed by atoms with Crippen LogP contribution in [0.1, 0.15) is 22.3 Å². The summed E-state index contributed by atoms with van der Waals surface area (Å²) >= 11 is 3.17. The summed E-state index contributed by atoms with van der Waals surface area (Å²) in [4.78, 5) is 0. The second kappa shape index (κ2) is 6.51. The highest BCUT2D eigenvalue weighted by molar-refractivity contribution is 9.10. The summed E-state index contributed by atoms with van der Waals surface area (Å²) in [6.45, 7) is 4.11. The van der Waals surface area contributed by atoms with E-state index in [1.165, 1.54) is 17.2 Å². The molecule has 2 rings (SSSR count). The van der Waals surface area contributed by atoms with E-state index in [2.05, 4.69) is 48.0 Å². The molecule has 0 aliphatic carbocycles. The third-order valence-corrected chi connectivity index (χ3v) is 3.82. The Hall–Kier alpha value is -1.19. The molecule has 0 radical (unpaired) electrons. The summed E-state index contributed by atoms with van der Waals surface area (Å²) in [6, 6.07) is 11.2. The normalized spacial score (nSPS) is 12.4. The lowest BCUT2D eigenvalue weighted by molar-refractivity contribution is 0.175. The molecule has 0 heterocycles. The van der Waals surface area contributed by atoms with Crippen LogP contribution in [0, 0.1) is 19.7 Å². The fourth-order valence-corrected chi connectivity index (χ4v) is 2.90. The Morgan fingerprint density at radius 3 is 2.20 bits per heavy atom. The summed E-state index contributed by atoms with van der Waals surface area (Å²) in [5.74, 6) is -0.280. The van der Waals surface area contributed by atoms with E-state index in [-0.39, 0.29) is 5.82 Å². The van der Waals surface area contributed by atoms with Gasteiger partial charge in [0.2, 0.25) is 0 Å². The minimum Gasteiger partial charge on any atom is -0.392 e. The van der Waals surface area contributed by atoms with Crippen LogP contribution in [0.2, 0.25) is 0 Å². The Morgan fingerprint density at radius 2 is 1.60 bits per heavy atom. The first-order valence-corrected chi connectivity index (χ1v) is 7.42. The molecule has 1 nitrogen and oxygen atoms in total. The second-order valence-corrected chi connectivity index (χ2v) is 6.16. The number of aryl methyl sites for hydroxylation is 2. The quantitative estimate of drug-likeness (QED) is 0.879. The Morgan fingerprint density at radius 1 is 1.00 bits per heavy atom. The zero-order valence-electron chi connectivity index (χ0n) is 11.7. The van der Waals surface area contributed by atoms with Gasteiger partial charge in [-0.1, -0.05) is 35.4 Å². The SMILES string of the molecule is Cc1cc(C)cc(CC(O)Cc2ccc(F)c(Br)c2)c1. The highest BCUT2D eigenvalue weighted by atomic mass is 79.9. The number of benzene rings is 2. The summed E-state index contributed by atoms with van der Waals surface area (Å²) in [5, 5.41) is 10.2. The molecular weight excluding hydrogens is 319 g/mol. The molecule has 0 saturated carbocycles. The van der Waals surface area contributed by atoms with Crippen LogP contribution in [0.5, 0.6) is 0 Å². The first kappa shape index (κ1) is 15.2. The first-order valence-electron chi connectivity index (χ1n) is 6.63. The second-order valence-electron chi connectivity index (χ2n) is 5.31. The van der Waals surface area contributed by atoms with Gasteiger partial charge in [-0.05, 0) is 65.9 Å². The average Bonchev–Trinajstić information content (AvgIpc) is 2.32.